The van der Waals surface area contributed by atoms with E-state index in [4.69, 9.17) is 0 Å². The fraction of sp³-hybridized carbons (Fsp3) is 0.111. The molecule has 120 valence electrons. The van der Waals surface area contributed by atoms with Crippen LogP contribution in [0.5, 0.6) is 0 Å². The Morgan fingerprint density at radius 3 is 2.75 bits per heavy atom. The maximum absolute atomic E-state index is 13.6. The Hall–Kier alpha value is -2.60. The molecule has 0 bridgehead atoms. The molecular weight excluding hydrogens is 325 g/mol. The van der Waals surface area contributed by atoms with E-state index >= 15 is 0 Å². The molecule has 24 heavy (non-hydrogen) atoms. The van der Waals surface area contributed by atoms with E-state index in [9.17, 15) is 9.18 Å². The van der Waals surface area contributed by atoms with Crippen molar-refractivity contribution < 1.29 is 9.18 Å². The third kappa shape index (κ3) is 2.69. The molecule has 0 fully saturated rings. The van der Waals surface area contributed by atoms with Crippen LogP contribution in [0.4, 0.5) is 10.1 Å². The van der Waals surface area contributed by atoms with Crippen LogP contribution in [0.3, 0.4) is 0 Å². The van der Waals surface area contributed by atoms with E-state index in [0.717, 1.165) is 29.5 Å². The average Bonchev–Trinajstić information content (AvgIpc) is 3.19. The first-order chi connectivity index (χ1) is 11.7. The van der Waals surface area contributed by atoms with E-state index in [2.05, 4.69) is 20.6 Å². The number of nitrogens with one attached hydrogen (secondary N) is 1. The van der Waals surface area contributed by atoms with Gasteiger partial charge in [-0.05, 0) is 29.8 Å². The summed E-state index contributed by atoms with van der Waals surface area (Å²) in [6.07, 6.45) is 0. The highest BCUT2D eigenvalue weighted by atomic mass is 32.2. The molecule has 0 atom stereocenters. The number of carbonyl (C=O) groups is 1. The molecule has 0 aromatic heterocycles. The van der Waals surface area contributed by atoms with Gasteiger partial charge in [-0.25, -0.2) is 4.39 Å². The van der Waals surface area contributed by atoms with Crippen LogP contribution in [0.15, 0.2) is 58.9 Å². The quantitative estimate of drug-likeness (QED) is 0.925. The van der Waals surface area contributed by atoms with Gasteiger partial charge in [-0.3, -0.25) is 9.79 Å². The zero-order valence-electron chi connectivity index (χ0n) is 12.7. The molecule has 0 saturated heterocycles. The molecule has 2 aliphatic rings. The number of fused-ring (bicyclic) bond motifs is 1. The SMILES string of the molecule is O=C(Nc1ccc(C2=CSC3=NCCN23)cc1)c1ccccc1F. The molecule has 0 saturated carbocycles. The number of thioether (sulfide) groups is 1. The smallest absolute Gasteiger partial charge is 0.258 e. The van der Waals surface area contributed by atoms with Crippen LogP contribution < -0.4 is 5.32 Å². The molecule has 0 radical (unpaired) electrons. The van der Waals surface area contributed by atoms with E-state index in [1.54, 1.807) is 23.9 Å². The van der Waals surface area contributed by atoms with Crippen LogP contribution in [0.25, 0.3) is 5.70 Å². The summed E-state index contributed by atoms with van der Waals surface area (Å²) in [6, 6.07) is 13.5. The fourth-order valence-corrected chi connectivity index (χ4v) is 3.68. The molecule has 4 rings (SSSR count). The predicted octanol–water partition coefficient (Wildman–Crippen LogP) is 3.79. The minimum absolute atomic E-state index is 0.0365. The van der Waals surface area contributed by atoms with E-state index in [-0.39, 0.29) is 5.56 Å². The summed E-state index contributed by atoms with van der Waals surface area (Å²) < 4.78 is 13.6. The van der Waals surface area contributed by atoms with Crippen molar-refractivity contribution in [3.63, 3.8) is 0 Å². The maximum Gasteiger partial charge on any atom is 0.258 e. The number of hydrogen-bond donors (Lipinski definition) is 1. The van der Waals surface area contributed by atoms with Gasteiger partial charge in [-0.2, -0.15) is 0 Å². The van der Waals surface area contributed by atoms with Gasteiger partial charge in [-0.15, -0.1) is 0 Å². The second-order valence-corrected chi connectivity index (χ2v) is 6.28. The first-order valence-electron chi connectivity index (χ1n) is 7.57. The highest BCUT2D eigenvalue weighted by molar-refractivity contribution is 8.16. The van der Waals surface area contributed by atoms with Crippen molar-refractivity contribution >= 4 is 34.2 Å². The normalized spacial score (nSPS) is 15.8. The largest absolute Gasteiger partial charge is 0.322 e. The minimum atomic E-state index is -0.527. The summed E-state index contributed by atoms with van der Waals surface area (Å²) in [4.78, 5) is 18.8. The van der Waals surface area contributed by atoms with Crippen molar-refractivity contribution in [2.24, 2.45) is 4.99 Å². The minimum Gasteiger partial charge on any atom is -0.322 e. The van der Waals surface area contributed by atoms with Crippen molar-refractivity contribution in [1.82, 2.24) is 4.90 Å². The molecule has 1 N–H and O–H groups in total. The number of hydrogen-bond acceptors (Lipinski definition) is 4. The fourth-order valence-electron chi connectivity index (χ4n) is 2.72. The van der Waals surface area contributed by atoms with Gasteiger partial charge < -0.3 is 10.2 Å². The summed E-state index contributed by atoms with van der Waals surface area (Å²) in [5.41, 5.74) is 2.87. The van der Waals surface area contributed by atoms with Crippen LogP contribution in [0, 0.1) is 5.82 Å². The molecule has 6 heteroatoms. The monoisotopic (exact) mass is 339 g/mol. The topological polar surface area (TPSA) is 44.7 Å². The number of anilines is 1. The number of carbonyl (C=O) groups excluding carboxylic acids is 1. The molecule has 4 nitrogen and oxygen atoms in total. The van der Waals surface area contributed by atoms with Crippen LogP contribution >= 0.6 is 11.8 Å². The van der Waals surface area contributed by atoms with Gasteiger partial charge in [0.25, 0.3) is 5.91 Å². The third-order valence-electron chi connectivity index (χ3n) is 3.93. The summed E-state index contributed by atoms with van der Waals surface area (Å²) in [5.74, 6) is -0.981. The van der Waals surface area contributed by atoms with Crippen LogP contribution in [0.2, 0.25) is 0 Å². The van der Waals surface area contributed by atoms with Gasteiger partial charge in [0.2, 0.25) is 0 Å². The van der Waals surface area contributed by atoms with Crippen LogP contribution in [0.1, 0.15) is 15.9 Å². The Morgan fingerprint density at radius 2 is 1.96 bits per heavy atom. The van der Waals surface area contributed by atoms with E-state index < -0.39 is 11.7 Å². The molecule has 2 aromatic rings. The van der Waals surface area contributed by atoms with Crippen LogP contribution in [-0.4, -0.2) is 29.1 Å². The number of nitrogens with zero attached hydrogens (tertiary/aromatic N) is 2. The Kier molecular flexibility index (Phi) is 3.82. The lowest BCUT2D eigenvalue weighted by atomic mass is 10.1. The molecule has 2 aromatic carbocycles. The van der Waals surface area contributed by atoms with Crippen molar-refractivity contribution in [3.05, 3.63) is 70.9 Å². The Balaban J connectivity index is 1.50. The number of amides is 1. The predicted molar refractivity (Wildman–Crippen MR) is 95.4 cm³/mol. The third-order valence-corrected chi connectivity index (χ3v) is 4.83. The molecule has 0 unspecified atom stereocenters. The number of rotatable bonds is 3. The van der Waals surface area contributed by atoms with Crippen molar-refractivity contribution in [3.8, 4) is 0 Å². The molecule has 2 heterocycles. The van der Waals surface area contributed by atoms with Crippen LogP contribution in [-0.2, 0) is 0 Å². The van der Waals surface area contributed by atoms with Crippen molar-refractivity contribution in [1.29, 1.82) is 0 Å². The van der Waals surface area contributed by atoms with E-state index in [0.29, 0.717) is 5.69 Å². The molecule has 0 spiro atoms. The van der Waals surface area contributed by atoms with Gasteiger partial charge in [0, 0.05) is 17.6 Å². The highest BCUT2D eigenvalue weighted by Gasteiger charge is 2.26. The van der Waals surface area contributed by atoms with Gasteiger partial charge >= 0.3 is 0 Å². The van der Waals surface area contributed by atoms with Gasteiger partial charge in [-0.1, -0.05) is 36.0 Å². The van der Waals surface area contributed by atoms with Gasteiger partial charge in [0.1, 0.15) is 5.82 Å². The lowest BCUT2D eigenvalue weighted by Gasteiger charge is -2.17. The lowest BCUT2D eigenvalue weighted by Crippen LogP contribution is -2.19. The second kappa shape index (κ2) is 6.13. The summed E-state index contributed by atoms with van der Waals surface area (Å²) >= 11 is 1.63. The molecule has 1 amide bonds. The van der Waals surface area contributed by atoms with E-state index in [1.807, 2.05) is 24.3 Å². The van der Waals surface area contributed by atoms with Crippen molar-refractivity contribution in [2.75, 3.05) is 18.4 Å². The highest BCUT2D eigenvalue weighted by Crippen LogP contribution is 2.35. The first-order valence-corrected chi connectivity index (χ1v) is 8.45. The number of amidine groups is 1. The van der Waals surface area contributed by atoms with E-state index in [1.165, 1.54) is 12.1 Å². The first kappa shape index (κ1) is 15.0. The molecule has 0 aliphatic carbocycles. The second-order valence-electron chi connectivity index (χ2n) is 5.45. The summed E-state index contributed by atoms with van der Waals surface area (Å²) in [7, 11) is 0. The Labute approximate surface area is 143 Å². The standard InChI is InChI=1S/C18H14FN3OS/c19-15-4-2-1-3-14(15)17(23)21-13-7-5-12(6-8-13)16-11-24-18-20-9-10-22(16)18/h1-8,11H,9-10H2,(H,21,23). The molecule has 2 aliphatic heterocycles. The molecular formula is C18H14FN3OS. The van der Waals surface area contributed by atoms with Crippen molar-refractivity contribution in [2.45, 2.75) is 0 Å². The number of halogens is 1. The summed E-state index contributed by atoms with van der Waals surface area (Å²) in [6.45, 7) is 1.73. The van der Waals surface area contributed by atoms with Gasteiger partial charge in [0.15, 0.2) is 5.17 Å². The lowest BCUT2D eigenvalue weighted by molar-refractivity contribution is 0.102. The zero-order chi connectivity index (χ0) is 16.5. The maximum atomic E-state index is 13.6. The number of aliphatic imine (C=N–C) groups is 1. The van der Waals surface area contributed by atoms with Gasteiger partial charge in [0.05, 0.1) is 17.8 Å². The Morgan fingerprint density at radius 1 is 1.17 bits per heavy atom. The zero-order valence-corrected chi connectivity index (χ0v) is 13.5. The average molecular weight is 339 g/mol. The summed E-state index contributed by atoms with van der Waals surface area (Å²) in [5, 5.41) is 5.85. The number of benzene rings is 2. The Bertz CT molecular complexity index is 861.